The number of amides is 1. The van der Waals surface area contributed by atoms with Crippen LogP contribution in [0.3, 0.4) is 0 Å². The summed E-state index contributed by atoms with van der Waals surface area (Å²) in [5.74, 6) is 2.97. The third kappa shape index (κ3) is 5.37. The first-order chi connectivity index (χ1) is 8.74. The number of nitrogens with two attached hydrogens (primary N) is 1. The molecule has 0 aliphatic heterocycles. The van der Waals surface area contributed by atoms with Gasteiger partial charge in [0.15, 0.2) is 0 Å². The summed E-state index contributed by atoms with van der Waals surface area (Å²) in [5, 5.41) is 2.71. The van der Waals surface area contributed by atoms with Gasteiger partial charge in [0.05, 0.1) is 12.6 Å². The van der Waals surface area contributed by atoms with Gasteiger partial charge in [0.25, 0.3) is 0 Å². The molecule has 96 valence electrons. The van der Waals surface area contributed by atoms with Gasteiger partial charge in [0.1, 0.15) is 5.75 Å². The van der Waals surface area contributed by atoms with Gasteiger partial charge in [0.2, 0.25) is 5.91 Å². The van der Waals surface area contributed by atoms with Gasteiger partial charge in [-0.05, 0) is 18.6 Å². The van der Waals surface area contributed by atoms with Crippen molar-refractivity contribution in [3.8, 4) is 18.1 Å². The maximum Gasteiger partial charge on any atom is 0.237 e. The highest BCUT2D eigenvalue weighted by Gasteiger charge is 2.10. The number of nitrogens with one attached hydrogen (secondary N) is 1. The lowest BCUT2D eigenvalue weighted by Gasteiger charge is -2.10. The summed E-state index contributed by atoms with van der Waals surface area (Å²) in [5.41, 5.74) is 5.55. The average Bonchev–Trinajstić information content (AvgIpc) is 2.39. The highest BCUT2D eigenvalue weighted by Crippen LogP contribution is 2.07. The van der Waals surface area contributed by atoms with Crippen molar-refractivity contribution < 1.29 is 9.53 Å². The van der Waals surface area contributed by atoms with E-state index in [9.17, 15) is 4.79 Å². The molecule has 1 aromatic rings. The van der Waals surface area contributed by atoms with Crippen LogP contribution in [0.4, 0.5) is 0 Å². The molecule has 1 amide bonds. The first kappa shape index (κ1) is 14.1. The standard InChI is InChI=1S/C14H18N2O2/c1-2-7-13(15)14(17)16-10-6-11-18-12-8-4-3-5-9-12/h1,3-5,8-9,13H,6-7,10-11,15H2,(H,16,17). The van der Waals surface area contributed by atoms with Crippen LogP contribution in [-0.2, 0) is 4.79 Å². The second kappa shape index (κ2) is 8.15. The van der Waals surface area contributed by atoms with Gasteiger partial charge in [-0.2, -0.15) is 0 Å². The Bertz CT molecular complexity index is 398. The third-order valence-electron chi connectivity index (χ3n) is 2.31. The Hall–Kier alpha value is -1.99. The Labute approximate surface area is 108 Å². The van der Waals surface area contributed by atoms with Crippen molar-refractivity contribution in [2.24, 2.45) is 5.73 Å². The minimum absolute atomic E-state index is 0.215. The number of terminal acetylenes is 1. The van der Waals surface area contributed by atoms with E-state index in [1.807, 2.05) is 30.3 Å². The molecule has 4 nitrogen and oxygen atoms in total. The van der Waals surface area contributed by atoms with Gasteiger partial charge >= 0.3 is 0 Å². The monoisotopic (exact) mass is 246 g/mol. The summed E-state index contributed by atoms with van der Waals surface area (Å²) in [6, 6.07) is 8.92. The molecular weight excluding hydrogens is 228 g/mol. The Balaban J connectivity index is 2.09. The van der Waals surface area contributed by atoms with Gasteiger partial charge in [-0.15, -0.1) is 12.3 Å². The number of benzene rings is 1. The molecule has 0 radical (unpaired) electrons. The fraction of sp³-hybridized carbons (Fsp3) is 0.357. The Kier molecular flexibility index (Phi) is 6.37. The molecule has 18 heavy (non-hydrogen) atoms. The molecule has 0 aromatic heterocycles. The number of carbonyl (C=O) groups excluding carboxylic acids is 1. The molecule has 0 aliphatic carbocycles. The van der Waals surface area contributed by atoms with Crippen LogP contribution in [0.15, 0.2) is 30.3 Å². The quantitative estimate of drug-likeness (QED) is 0.555. The third-order valence-corrected chi connectivity index (χ3v) is 2.31. The summed E-state index contributed by atoms with van der Waals surface area (Å²) in [7, 11) is 0. The van der Waals surface area contributed by atoms with E-state index < -0.39 is 6.04 Å². The molecule has 0 heterocycles. The van der Waals surface area contributed by atoms with E-state index in [1.54, 1.807) is 0 Å². The van der Waals surface area contributed by atoms with Gasteiger partial charge in [-0.3, -0.25) is 4.79 Å². The van der Waals surface area contributed by atoms with Gasteiger partial charge in [-0.1, -0.05) is 18.2 Å². The van der Waals surface area contributed by atoms with E-state index >= 15 is 0 Å². The van der Waals surface area contributed by atoms with E-state index in [0.717, 1.165) is 12.2 Å². The van der Waals surface area contributed by atoms with Crippen LogP contribution in [0.1, 0.15) is 12.8 Å². The Morgan fingerprint density at radius 1 is 1.44 bits per heavy atom. The van der Waals surface area contributed by atoms with Gasteiger partial charge < -0.3 is 15.8 Å². The maximum atomic E-state index is 11.4. The summed E-state index contributed by atoms with van der Waals surface area (Å²) in [6.07, 6.45) is 6.06. The predicted octanol–water partition coefficient (Wildman–Crippen LogP) is 0.922. The van der Waals surface area contributed by atoms with Crippen LogP contribution in [0.2, 0.25) is 0 Å². The number of hydrogen-bond donors (Lipinski definition) is 2. The summed E-state index contributed by atoms with van der Waals surface area (Å²) < 4.78 is 5.48. The summed E-state index contributed by atoms with van der Waals surface area (Å²) in [4.78, 5) is 11.4. The fourth-order valence-corrected chi connectivity index (χ4v) is 1.34. The van der Waals surface area contributed by atoms with Crippen LogP contribution < -0.4 is 15.8 Å². The minimum atomic E-state index is -0.620. The van der Waals surface area contributed by atoms with Crippen molar-refractivity contribution in [2.75, 3.05) is 13.2 Å². The maximum absolute atomic E-state index is 11.4. The summed E-state index contributed by atoms with van der Waals surface area (Å²) >= 11 is 0. The van der Waals surface area contributed by atoms with Crippen molar-refractivity contribution in [1.82, 2.24) is 5.32 Å². The first-order valence-corrected chi connectivity index (χ1v) is 5.88. The molecule has 0 spiro atoms. The van der Waals surface area contributed by atoms with E-state index in [4.69, 9.17) is 16.9 Å². The summed E-state index contributed by atoms with van der Waals surface area (Å²) in [6.45, 7) is 1.08. The van der Waals surface area contributed by atoms with E-state index in [-0.39, 0.29) is 12.3 Å². The number of ether oxygens (including phenoxy) is 1. The van der Waals surface area contributed by atoms with Gasteiger partial charge in [-0.25, -0.2) is 0 Å². The largest absolute Gasteiger partial charge is 0.494 e. The number of hydrogen-bond acceptors (Lipinski definition) is 3. The second-order valence-corrected chi connectivity index (χ2v) is 3.82. The van der Waals surface area contributed by atoms with E-state index in [1.165, 1.54) is 0 Å². The van der Waals surface area contributed by atoms with Crippen molar-refractivity contribution in [1.29, 1.82) is 0 Å². The molecule has 4 heteroatoms. The normalized spacial score (nSPS) is 11.3. The second-order valence-electron chi connectivity index (χ2n) is 3.82. The van der Waals surface area contributed by atoms with E-state index in [2.05, 4.69) is 11.2 Å². The Morgan fingerprint density at radius 3 is 2.83 bits per heavy atom. The molecule has 3 N–H and O–H groups in total. The number of rotatable bonds is 7. The smallest absolute Gasteiger partial charge is 0.237 e. The molecule has 1 aromatic carbocycles. The van der Waals surface area contributed by atoms with Crippen molar-refractivity contribution in [2.45, 2.75) is 18.9 Å². The lowest BCUT2D eigenvalue weighted by Crippen LogP contribution is -2.40. The van der Waals surface area contributed by atoms with Crippen LogP contribution in [0, 0.1) is 12.3 Å². The van der Waals surface area contributed by atoms with Crippen molar-refractivity contribution in [3.05, 3.63) is 30.3 Å². The highest BCUT2D eigenvalue weighted by atomic mass is 16.5. The fourth-order valence-electron chi connectivity index (χ4n) is 1.34. The molecule has 0 saturated heterocycles. The zero-order valence-corrected chi connectivity index (χ0v) is 10.3. The van der Waals surface area contributed by atoms with Gasteiger partial charge in [0, 0.05) is 13.0 Å². The molecule has 1 rings (SSSR count). The van der Waals surface area contributed by atoms with Crippen LogP contribution >= 0.6 is 0 Å². The molecule has 1 unspecified atom stereocenters. The number of carbonyl (C=O) groups is 1. The number of para-hydroxylation sites is 1. The van der Waals surface area contributed by atoms with Crippen LogP contribution in [0.5, 0.6) is 5.75 Å². The lowest BCUT2D eigenvalue weighted by atomic mass is 10.2. The zero-order chi connectivity index (χ0) is 13.2. The molecule has 0 fully saturated rings. The molecule has 0 aliphatic rings. The van der Waals surface area contributed by atoms with Crippen LogP contribution in [-0.4, -0.2) is 25.1 Å². The van der Waals surface area contributed by atoms with Crippen molar-refractivity contribution >= 4 is 5.91 Å². The van der Waals surface area contributed by atoms with Crippen molar-refractivity contribution in [3.63, 3.8) is 0 Å². The predicted molar refractivity (Wildman–Crippen MR) is 71.0 cm³/mol. The molecular formula is C14H18N2O2. The first-order valence-electron chi connectivity index (χ1n) is 5.88. The van der Waals surface area contributed by atoms with Crippen LogP contribution in [0.25, 0.3) is 0 Å². The average molecular weight is 246 g/mol. The topological polar surface area (TPSA) is 64.4 Å². The van der Waals surface area contributed by atoms with E-state index in [0.29, 0.717) is 13.2 Å². The SMILES string of the molecule is C#CCC(N)C(=O)NCCCOc1ccccc1. The zero-order valence-electron chi connectivity index (χ0n) is 10.3. The lowest BCUT2D eigenvalue weighted by molar-refractivity contribution is -0.122. The molecule has 0 bridgehead atoms. The minimum Gasteiger partial charge on any atom is -0.494 e. The molecule has 1 atom stereocenters. The highest BCUT2D eigenvalue weighted by molar-refractivity contribution is 5.81. The Morgan fingerprint density at radius 2 is 2.17 bits per heavy atom. The molecule has 0 saturated carbocycles.